The molecule has 0 aliphatic carbocycles. The topological polar surface area (TPSA) is 84.3 Å². The van der Waals surface area contributed by atoms with Gasteiger partial charge >= 0.3 is 0 Å². The van der Waals surface area contributed by atoms with Crippen molar-refractivity contribution in [3.8, 4) is 0 Å². The Morgan fingerprint density at radius 1 is 1.26 bits per heavy atom. The van der Waals surface area contributed by atoms with Crippen molar-refractivity contribution in [3.05, 3.63) is 42.5 Å². The van der Waals surface area contributed by atoms with Gasteiger partial charge in [-0.2, -0.15) is 4.31 Å². The Morgan fingerprint density at radius 2 is 1.87 bits per heavy atom. The maximum absolute atomic E-state index is 12.5. The molecule has 0 bridgehead atoms. The average Bonchev–Trinajstić information content (AvgIpc) is 2.92. The van der Waals surface area contributed by atoms with Gasteiger partial charge in [0, 0.05) is 44.4 Å². The van der Waals surface area contributed by atoms with Crippen LogP contribution in [0.25, 0.3) is 0 Å². The number of nitrogens with zero attached hydrogens (tertiary/aromatic N) is 3. The smallest absolute Gasteiger partial charge is 0.272 e. The van der Waals surface area contributed by atoms with Gasteiger partial charge in [0.2, 0.25) is 10.0 Å². The fourth-order valence-corrected chi connectivity index (χ4v) is 3.77. The van der Waals surface area contributed by atoms with Gasteiger partial charge < -0.3 is 9.88 Å². The number of rotatable bonds is 6. The third kappa shape index (κ3) is 3.59. The Hall–Kier alpha value is -2.19. The molecule has 2 rings (SSSR count). The number of carbonyl (C=O) groups is 1. The molecule has 1 amide bonds. The number of aryl methyl sites for hydroxylation is 1. The molecule has 0 spiro atoms. The van der Waals surface area contributed by atoms with Crippen LogP contribution in [-0.4, -0.2) is 41.3 Å². The lowest BCUT2D eigenvalue weighted by atomic mass is 10.3. The number of hydrogen-bond acceptors (Lipinski definition) is 4. The monoisotopic (exact) mass is 336 g/mol. The molecule has 2 aromatic heterocycles. The Labute approximate surface area is 136 Å². The van der Waals surface area contributed by atoms with Gasteiger partial charge in [0.15, 0.2) is 0 Å². The summed E-state index contributed by atoms with van der Waals surface area (Å²) in [6.45, 7) is 4.32. The van der Waals surface area contributed by atoms with Gasteiger partial charge in [-0.25, -0.2) is 8.42 Å². The van der Waals surface area contributed by atoms with Crippen molar-refractivity contribution in [2.75, 3.05) is 18.4 Å². The summed E-state index contributed by atoms with van der Waals surface area (Å²) in [7, 11) is -1.95. The van der Waals surface area contributed by atoms with E-state index in [1.165, 1.54) is 21.1 Å². The highest BCUT2D eigenvalue weighted by Crippen LogP contribution is 2.19. The molecule has 0 saturated carbocycles. The first-order valence-corrected chi connectivity index (χ1v) is 8.72. The highest BCUT2D eigenvalue weighted by Gasteiger charge is 2.25. The summed E-state index contributed by atoms with van der Waals surface area (Å²) in [5.74, 6) is -0.375. The minimum absolute atomic E-state index is 0.114. The van der Waals surface area contributed by atoms with Crippen molar-refractivity contribution in [3.63, 3.8) is 0 Å². The fraction of sp³-hybridized carbons (Fsp3) is 0.333. The second-order valence-electron chi connectivity index (χ2n) is 4.95. The molecule has 0 fully saturated rings. The quantitative estimate of drug-likeness (QED) is 0.870. The van der Waals surface area contributed by atoms with E-state index in [0.717, 1.165) is 0 Å². The Bertz CT molecular complexity index is 780. The van der Waals surface area contributed by atoms with Crippen molar-refractivity contribution in [1.29, 1.82) is 0 Å². The SMILES string of the molecule is CCN(CC)S(=O)(=O)c1cc(C(=O)Nc2ccncc2)n(C)c1. The molecule has 124 valence electrons. The molecule has 0 aliphatic rings. The van der Waals surface area contributed by atoms with Crippen LogP contribution in [0.15, 0.2) is 41.7 Å². The normalized spacial score (nSPS) is 11.7. The molecule has 0 aromatic carbocycles. The first-order chi connectivity index (χ1) is 10.9. The molecule has 2 aromatic rings. The summed E-state index contributed by atoms with van der Waals surface area (Å²) in [4.78, 5) is 16.3. The van der Waals surface area contributed by atoms with E-state index in [2.05, 4.69) is 10.3 Å². The third-order valence-corrected chi connectivity index (χ3v) is 5.51. The second kappa shape index (κ2) is 6.93. The molecule has 7 nitrogen and oxygen atoms in total. The largest absolute Gasteiger partial charge is 0.345 e. The number of sulfonamides is 1. The molecule has 0 atom stereocenters. The van der Waals surface area contributed by atoms with Crippen molar-refractivity contribution in [1.82, 2.24) is 13.9 Å². The first kappa shape index (κ1) is 17.2. The zero-order chi connectivity index (χ0) is 17.0. The van der Waals surface area contributed by atoms with Crippen molar-refractivity contribution in [2.24, 2.45) is 7.05 Å². The number of pyridine rings is 1. The average molecular weight is 336 g/mol. The number of nitrogens with one attached hydrogen (secondary N) is 1. The minimum atomic E-state index is -3.59. The predicted octanol–water partition coefficient (Wildman–Crippen LogP) is 1.70. The van der Waals surface area contributed by atoms with Gasteiger partial charge in [0.25, 0.3) is 5.91 Å². The van der Waals surface area contributed by atoms with E-state index in [9.17, 15) is 13.2 Å². The van der Waals surface area contributed by atoms with Crippen LogP contribution in [-0.2, 0) is 17.1 Å². The molecule has 2 heterocycles. The van der Waals surface area contributed by atoms with Gasteiger partial charge in [-0.05, 0) is 18.2 Å². The zero-order valence-corrected chi connectivity index (χ0v) is 14.2. The van der Waals surface area contributed by atoms with Crippen LogP contribution < -0.4 is 5.32 Å². The second-order valence-corrected chi connectivity index (χ2v) is 6.89. The van der Waals surface area contributed by atoms with E-state index < -0.39 is 10.0 Å². The van der Waals surface area contributed by atoms with Crippen molar-refractivity contribution in [2.45, 2.75) is 18.7 Å². The zero-order valence-electron chi connectivity index (χ0n) is 13.4. The Morgan fingerprint density at radius 3 is 2.43 bits per heavy atom. The lowest BCUT2D eigenvalue weighted by Crippen LogP contribution is -2.30. The molecule has 0 saturated heterocycles. The van der Waals surface area contributed by atoms with E-state index in [0.29, 0.717) is 18.8 Å². The van der Waals surface area contributed by atoms with Crippen LogP contribution in [0.5, 0.6) is 0 Å². The van der Waals surface area contributed by atoms with Gasteiger partial charge in [-0.1, -0.05) is 13.8 Å². The Balaban J connectivity index is 2.29. The summed E-state index contributed by atoms with van der Waals surface area (Å²) < 4.78 is 27.9. The highest BCUT2D eigenvalue weighted by molar-refractivity contribution is 7.89. The molecule has 0 unspecified atom stereocenters. The molecule has 0 aliphatic heterocycles. The maximum Gasteiger partial charge on any atom is 0.272 e. The summed E-state index contributed by atoms with van der Waals surface area (Å²) in [6, 6.07) is 4.72. The van der Waals surface area contributed by atoms with E-state index in [-0.39, 0.29) is 16.5 Å². The van der Waals surface area contributed by atoms with E-state index in [4.69, 9.17) is 0 Å². The van der Waals surface area contributed by atoms with Gasteiger partial charge in [-0.15, -0.1) is 0 Å². The van der Waals surface area contributed by atoms with Crippen molar-refractivity contribution >= 4 is 21.6 Å². The van der Waals surface area contributed by atoms with Crippen molar-refractivity contribution < 1.29 is 13.2 Å². The molecule has 1 N–H and O–H groups in total. The lowest BCUT2D eigenvalue weighted by Gasteiger charge is -2.17. The lowest BCUT2D eigenvalue weighted by molar-refractivity contribution is 0.101. The summed E-state index contributed by atoms with van der Waals surface area (Å²) in [5, 5.41) is 2.71. The number of carbonyl (C=O) groups excluding carboxylic acids is 1. The summed E-state index contributed by atoms with van der Waals surface area (Å²) in [6.07, 6.45) is 4.59. The van der Waals surface area contributed by atoms with E-state index in [1.54, 1.807) is 45.4 Å². The van der Waals surface area contributed by atoms with E-state index in [1.807, 2.05) is 0 Å². The standard InChI is InChI=1S/C15H20N4O3S/c1-4-19(5-2)23(21,22)13-10-14(18(3)11-13)15(20)17-12-6-8-16-9-7-12/h6-11H,4-5H2,1-3H3,(H,16,17,20). The van der Waals surface area contributed by atoms with Crippen LogP contribution in [0, 0.1) is 0 Å². The molecular weight excluding hydrogens is 316 g/mol. The summed E-state index contributed by atoms with van der Waals surface area (Å²) in [5.41, 5.74) is 0.867. The van der Waals surface area contributed by atoms with Crippen LogP contribution in [0.1, 0.15) is 24.3 Å². The molecule has 0 radical (unpaired) electrons. The third-order valence-electron chi connectivity index (χ3n) is 3.49. The van der Waals surface area contributed by atoms with Crippen LogP contribution >= 0.6 is 0 Å². The number of amides is 1. The molecule has 23 heavy (non-hydrogen) atoms. The van der Waals surface area contributed by atoms with E-state index >= 15 is 0 Å². The molecule has 8 heteroatoms. The Kier molecular flexibility index (Phi) is 5.17. The number of anilines is 1. The highest BCUT2D eigenvalue weighted by atomic mass is 32.2. The fourth-order valence-electron chi connectivity index (χ4n) is 2.24. The predicted molar refractivity (Wildman–Crippen MR) is 87.7 cm³/mol. The van der Waals surface area contributed by atoms with Gasteiger partial charge in [0.05, 0.1) is 0 Å². The van der Waals surface area contributed by atoms with Gasteiger partial charge in [0.1, 0.15) is 10.6 Å². The first-order valence-electron chi connectivity index (χ1n) is 7.28. The van der Waals surface area contributed by atoms with Crippen LogP contribution in [0.3, 0.4) is 0 Å². The van der Waals surface area contributed by atoms with Crippen LogP contribution in [0.4, 0.5) is 5.69 Å². The summed E-state index contributed by atoms with van der Waals surface area (Å²) >= 11 is 0. The molecular formula is C15H20N4O3S. The van der Waals surface area contributed by atoms with Crippen LogP contribution in [0.2, 0.25) is 0 Å². The number of aromatic nitrogens is 2. The maximum atomic E-state index is 12.5. The number of hydrogen-bond donors (Lipinski definition) is 1. The minimum Gasteiger partial charge on any atom is -0.345 e. The van der Waals surface area contributed by atoms with Gasteiger partial charge in [-0.3, -0.25) is 9.78 Å².